The topological polar surface area (TPSA) is 93.9 Å². The zero-order chi connectivity index (χ0) is 18.6. The Hall–Kier alpha value is -2.88. The molecule has 2 rings (SSSR count). The molecule has 0 spiro atoms. The number of esters is 1. The van der Waals surface area contributed by atoms with Crippen molar-refractivity contribution in [1.29, 1.82) is 5.26 Å². The molecule has 0 aliphatic rings. The summed E-state index contributed by atoms with van der Waals surface area (Å²) >= 11 is 0. The summed E-state index contributed by atoms with van der Waals surface area (Å²) in [6, 6.07) is 3.86. The van der Waals surface area contributed by atoms with E-state index in [1.54, 1.807) is 13.0 Å². The highest BCUT2D eigenvalue weighted by Gasteiger charge is 2.16. The van der Waals surface area contributed by atoms with Crippen LogP contribution >= 0.6 is 0 Å². The van der Waals surface area contributed by atoms with Crippen LogP contribution in [0.1, 0.15) is 42.5 Å². The summed E-state index contributed by atoms with van der Waals surface area (Å²) in [5.41, 5.74) is 2.87. The number of aromatic nitrogens is 3. The van der Waals surface area contributed by atoms with Crippen molar-refractivity contribution in [2.24, 2.45) is 5.92 Å². The molecular formula is C18H22N4O3. The average Bonchev–Trinajstić information content (AvgIpc) is 3.08. The molecule has 0 unspecified atom stereocenters. The highest BCUT2D eigenvalue weighted by Crippen LogP contribution is 2.20. The summed E-state index contributed by atoms with van der Waals surface area (Å²) in [6.07, 6.45) is 1.56. The van der Waals surface area contributed by atoms with Gasteiger partial charge in [-0.2, -0.15) is 10.2 Å². The Morgan fingerprint density at radius 1 is 1.44 bits per heavy atom. The normalized spacial score (nSPS) is 11.6. The fourth-order valence-corrected chi connectivity index (χ4v) is 2.52. The Labute approximate surface area is 146 Å². The van der Waals surface area contributed by atoms with Crippen molar-refractivity contribution in [3.63, 3.8) is 0 Å². The third kappa shape index (κ3) is 4.57. The van der Waals surface area contributed by atoms with E-state index in [0.717, 1.165) is 23.5 Å². The first-order valence-corrected chi connectivity index (χ1v) is 8.06. The minimum absolute atomic E-state index is 0.0685. The van der Waals surface area contributed by atoms with E-state index in [9.17, 15) is 10.1 Å². The van der Waals surface area contributed by atoms with Gasteiger partial charge < -0.3 is 13.8 Å². The Bertz CT molecular complexity index is 837. The standard InChI is InChI=1S/C18H22N4O3/c1-11(2)9-22-12(3)6-15(13(22)4)7-16(8-19)18(23)24-10-17-20-14(5)21-25-17/h6-7,11H,9-10H2,1-5H3. The van der Waals surface area contributed by atoms with Crippen LogP contribution in [0, 0.1) is 38.0 Å². The third-order valence-corrected chi connectivity index (χ3v) is 3.70. The molecule has 2 heterocycles. The van der Waals surface area contributed by atoms with Crippen molar-refractivity contribution in [1.82, 2.24) is 14.7 Å². The molecule has 0 atom stereocenters. The van der Waals surface area contributed by atoms with E-state index < -0.39 is 5.97 Å². The van der Waals surface area contributed by atoms with Crippen LogP contribution in [0.15, 0.2) is 16.2 Å². The van der Waals surface area contributed by atoms with Gasteiger partial charge in [-0.3, -0.25) is 0 Å². The zero-order valence-electron chi connectivity index (χ0n) is 15.2. The molecule has 0 saturated carbocycles. The van der Waals surface area contributed by atoms with Gasteiger partial charge in [-0.05, 0) is 44.4 Å². The minimum atomic E-state index is -0.716. The molecule has 7 heteroatoms. The number of nitriles is 1. The molecule has 0 amide bonds. The monoisotopic (exact) mass is 342 g/mol. The fourth-order valence-electron chi connectivity index (χ4n) is 2.52. The van der Waals surface area contributed by atoms with Crippen molar-refractivity contribution < 1.29 is 14.1 Å². The van der Waals surface area contributed by atoms with Crippen LogP contribution in [0.4, 0.5) is 0 Å². The Morgan fingerprint density at radius 2 is 2.16 bits per heavy atom. The quantitative estimate of drug-likeness (QED) is 0.455. The highest BCUT2D eigenvalue weighted by molar-refractivity contribution is 5.98. The van der Waals surface area contributed by atoms with Crippen LogP contribution in [-0.4, -0.2) is 20.7 Å². The van der Waals surface area contributed by atoms with Crippen LogP contribution in [0.3, 0.4) is 0 Å². The molecular weight excluding hydrogens is 320 g/mol. The lowest BCUT2D eigenvalue weighted by Crippen LogP contribution is -2.08. The van der Waals surface area contributed by atoms with Crippen molar-refractivity contribution in [2.75, 3.05) is 0 Å². The molecule has 0 bridgehead atoms. The van der Waals surface area contributed by atoms with E-state index in [2.05, 4.69) is 28.6 Å². The second kappa shape index (κ2) is 7.79. The first-order valence-electron chi connectivity index (χ1n) is 8.06. The van der Waals surface area contributed by atoms with Gasteiger partial charge >= 0.3 is 5.97 Å². The zero-order valence-corrected chi connectivity index (χ0v) is 15.2. The molecule has 0 aliphatic heterocycles. The van der Waals surface area contributed by atoms with E-state index >= 15 is 0 Å². The van der Waals surface area contributed by atoms with Gasteiger partial charge in [-0.25, -0.2) is 4.79 Å². The second-order valence-corrected chi connectivity index (χ2v) is 6.31. The largest absolute Gasteiger partial charge is 0.451 e. The number of hydrogen-bond donors (Lipinski definition) is 0. The SMILES string of the molecule is Cc1noc(COC(=O)C(C#N)=Cc2cc(C)n(CC(C)C)c2C)n1. The maximum atomic E-state index is 12.1. The molecule has 132 valence electrons. The van der Waals surface area contributed by atoms with Gasteiger partial charge in [0, 0.05) is 17.9 Å². The highest BCUT2D eigenvalue weighted by atomic mass is 16.6. The van der Waals surface area contributed by atoms with Gasteiger partial charge in [0.2, 0.25) is 0 Å². The number of ether oxygens (including phenoxy) is 1. The third-order valence-electron chi connectivity index (χ3n) is 3.70. The molecule has 0 saturated heterocycles. The van der Waals surface area contributed by atoms with E-state index in [1.807, 2.05) is 26.0 Å². The van der Waals surface area contributed by atoms with Crippen LogP contribution in [0.5, 0.6) is 0 Å². The number of carbonyl (C=O) groups is 1. The maximum absolute atomic E-state index is 12.1. The lowest BCUT2D eigenvalue weighted by molar-refractivity contribution is -0.140. The molecule has 0 fully saturated rings. The summed E-state index contributed by atoms with van der Waals surface area (Å²) < 4.78 is 12.1. The summed E-state index contributed by atoms with van der Waals surface area (Å²) in [7, 11) is 0. The maximum Gasteiger partial charge on any atom is 0.349 e. The first kappa shape index (κ1) is 18.5. The summed E-state index contributed by atoms with van der Waals surface area (Å²) in [5.74, 6) is 0.435. The number of hydrogen-bond acceptors (Lipinski definition) is 6. The van der Waals surface area contributed by atoms with Crippen molar-refractivity contribution in [2.45, 2.75) is 47.8 Å². The Morgan fingerprint density at radius 3 is 2.72 bits per heavy atom. The number of nitrogens with zero attached hydrogens (tertiary/aromatic N) is 4. The lowest BCUT2D eigenvalue weighted by Gasteiger charge is -2.12. The van der Waals surface area contributed by atoms with Gasteiger partial charge in [0.15, 0.2) is 12.4 Å². The first-order chi connectivity index (χ1) is 11.8. The summed E-state index contributed by atoms with van der Waals surface area (Å²) in [5, 5.41) is 12.9. The number of rotatable bonds is 6. The van der Waals surface area contributed by atoms with Gasteiger partial charge in [-0.15, -0.1) is 0 Å². The van der Waals surface area contributed by atoms with Crippen molar-refractivity contribution in [3.05, 3.63) is 40.3 Å². The molecule has 2 aromatic rings. The second-order valence-electron chi connectivity index (χ2n) is 6.31. The predicted molar refractivity (Wildman–Crippen MR) is 91.2 cm³/mol. The van der Waals surface area contributed by atoms with Crippen LogP contribution in [-0.2, 0) is 22.7 Å². The van der Waals surface area contributed by atoms with Crippen LogP contribution in [0.2, 0.25) is 0 Å². The van der Waals surface area contributed by atoms with Crippen LogP contribution in [0.25, 0.3) is 6.08 Å². The van der Waals surface area contributed by atoms with Crippen molar-refractivity contribution in [3.8, 4) is 6.07 Å². The minimum Gasteiger partial charge on any atom is -0.451 e. The molecule has 7 nitrogen and oxygen atoms in total. The number of carbonyl (C=O) groups excluding carboxylic acids is 1. The molecule has 0 N–H and O–H groups in total. The van der Waals surface area contributed by atoms with E-state index in [1.165, 1.54) is 0 Å². The Kier molecular flexibility index (Phi) is 5.75. The Balaban J connectivity index is 2.16. The molecule has 25 heavy (non-hydrogen) atoms. The molecule has 2 aromatic heterocycles. The van der Waals surface area contributed by atoms with Gasteiger partial charge in [0.25, 0.3) is 5.89 Å². The number of aryl methyl sites for hydroxylation is 2. The van der Waals surface area contributed by atoms with Crippen molar-refractivity contribution >= 4 is 12.0 Å². The molecule has 0 radical (unpaired) electrons. The van der Waals surface area contributed by atoms with Gasteiger partial charge in [0.05, 0.1) is 0 Å². The van der Waals surface area contributed by atoms with Gasteiger partial charge in [0.1, 0.15) is 11.6 Å². The van der Waals surface area contributed by atoms with Gasteiger partial charge in [-0.1, -0.05) is 19.0 Å². The van der Waals surface area contributed by atoms with E-state index in [4.69, 9.17) is 9.26 Å². The summed E-state index contributed by atoms with van der Waals surface area (Å²) in [6.45, 7) is 10.7. The lowest BCUT2D eigenvalue weighted by atomic mass is 10.1. The molecule has 0 aromatic carbocycles. The fraction of sp³-hybridized carbons (Fsp3) is 0.444. The predicted octanol–water partition coefficient (Wildman–Crippen LogP) is 3.10. The van der Waals surface area contributed by atoms with Crippen LogP contribution < -0.4 is 0 Å². The van der Waals surface area contributed by atoms with E-state index in [-0.39, 0.29) is 18.1 Å². The van der Waals surface area contributed by atoms with E-state index in [0.29, 0.717) is 11.7 Å². The molecule has 0 aliphatic carbocycles. The smallest absolute Gasteiger partial charge is 0.349 e. The average molecular weight is 342 g/mol. The summed E-state index contributed by atoms with van der Waals surface area (Å²) in [4.78, 5) is 16.1.